The molecule has 0 aliphatic rings. The first-order valence-corrected chi connectivity index (χ1v) is 10.6. The van der Waals surface area contributed by atoms with Gasteiger partial charge in [-0.25, -0.2) is 0 Å². The molecule has 2 rings (SSSR count). The predicted molar refractivity (Wildman–Crippen MR) is 126 cm³/mol. The summed E-state index contributed by atoms with van der Waals surface area (Å²) < 4.78 is 10.9. The van der Waals surface area contributed by atoms with Crippen molar-refractivity contribution in [2.24, 2.45) is 4.99 Å². The summed E-state index contributed by atoms with van der Waals surface area (Å²) in [6.07, 6.45) is 2.19. The summed E-state index contributed by atoms with van der Waals surface area (Å²) in [7, 11) is 5.61. The van der Waals surface area contributed by atoms with Crippen molar-refractivity contribution >= 4 is 11.6 Å². The fraction of sp³-hybridized carbons (Fsp3) is 0.458. The molecule has 2 aromatic carbocycles. The van der Waals surface area contributed by atoms with E-state index >= 15 is 0 Å². The van der Waals surface area contributed by atoms with Gasteiger partial charge in [0.1, 0.15) is 12.4 Å². The molecular formula is C24H36N4O2. The van der Waals surface area contributed by atoms with Gasteiger partial charge in [-0.2, -0.15) is 0 Å². The molecule has 0 saturated carbocycles. The fourth-order valence-corrected chi connectivity index (χ4v) is 3.07. The van der Waals surface area contributed by atoms with Gasteiger partial charge in [0, 0.05) is 52.1 Å². The lowest BCUT2D eigenvalue weighted by Crippen LogP contribution is -2.37. The van der Waals surface area contributed by atoms with E-state index in [2.05, 4.69) is 77.0 Å². The molecule has 2 aromatic rings. The van der Waals surface area contributed by atoms with E-state index in [-0.39, 0.29) is 0 Å². The molecular weight excluding hydrogens is 376 g/mol. The van der Waals surface area contributed by atoms with Crippen molar-refractivity contribution in [3.63, 3.8) is 0 Å². The minimum Gasteiger partial charge on any atom is -0.491 e. The molecule has 6 heteroatoms. The highest BCUT2D eigenvalue weighted by molar-refractivity contribution is 5.79. The number of nitrogens with zero attached hydrogens (tertiary/aromatic N) is 2. The maximum absolute atomic E-state index is 5.87. The van der Waals surface area contributed by atoms with Crippen LogP contribution in [0.3, 0.4) is 0 Å². The summed E-state index contributed by atoms with van der Waals surface area (Å²) in [6.45, 7) is 5.74. The Morgan fingerprint density at radius 3 is 2.57 bits per heavy atom. The van der Waals surface area contributed by atoms with Gasteiger partial charge in [-0.3, -0.25) is 4.99 Å². The maximum atomic E-state index is 5.87. The van der Waals surface area contributed by atoms with E-state index in [1.54, 1.807) is 14.2 Å². The lowest BCUT2D eigenvalue weighted by Gasteiger charge is -2.19. The van der Waals surface area contributed by atoms with Crippen LogP contribution in [0.1, 0.15) is 24.0 Å². The molecule has 0 fully saturated rings. The summed E-state index contributed by atoms with van der Waals surface area (Å²) in [5, 5.41) is 6.77. The minimum atomic E-state index is 0.539. The van der Waals surface area contributed by atoms with E-state index in [0.29, 0.717) is 19.8 Å². The van der Waals surface area contributed by atoms with Crippen LogP contribution in [0.2, 0.25) is 0 Å². The van der Waals surface area contributed by atoms with Gasteiger partial charge in [0.05, 0.1) is 6.61 Å². The number of guanidine groups is 1. The van der Waals surface area contributed by atoms with E-state index in [9.17, 15) is 0 Å². The van der Waals surface area contributed by atoms with Crippen molar-refractivity contribution in [1.82, 2.24) is 10.6 Å². The number of rotatable bonds is 12. The Bertz CT molecular complexity index is 765. The lowest BCUT2D eigenvalue weighted by molar-refractivity contribution is 0.145. The van der Waals surface area contributed by atoms with Crippen molar-refractivity contribution in [1.29, 1.82) is 0 Å². The molecule has 0 atom stereocenters. The summed E-state index contributed by atoms with van der Waals surface area (Å²) >= 11 is 0. The number of methoxy groups -OCH3 is 1. The number of nitrogens with one attached hydrogen (secondary N) is 2. The Kier molecular flexibility index (Phi) is 10.6. The number of ether oxygens (including phenoxy) is 2. The summed E-state index contributed by atoms with van der Waals surface area (Å²) in [4.78, 5) is 6.62. The van der Waals surface area contributed by atoms with E-state index in [1.807, 2.05) is 6.07 Å². The van der Waals surface area contributed by atoms with Gasteiger partial charge in [0.15, 0.2) is 5.96 Å². The van der Waals surface area contributed by atoms with Crippen LogP contribution >= 0.6 is 0 Å². The number of hydrogen-bond acceptors (Lipinski definition) is 4. The SMILES string of the molecule is CN=C(NCCCCN(C)c1ccccc1)NCc1ccc(C)cc1OCCOC. The summed E-state index contributed by atoms with van der Waals surface area (Å²) in [5.41, 5.74) is 3.53. The third kappa shape index (κ3) is 8.33. The first kappa shape index (κ1) is 23.5. The smallest absolute Gasteiger partial charge is 0.191 e. The molecule has 0 unspecified atom stereocenters. The Hall–Kier alpha value is -2.73. The van der Waals surface area contributed by atoms with Crippen LogP contribution in [-0.4, -0.2) is 53.5 Å². The van der Waals surface area contributed by atoms with Crippen LogP contribution in [0, 0.1) is 6.92 Å². The summed E-state index contributed by atoms with van der Waals surface area (Å²) in [5.74, 6) is 1.69. The van der Waals surface area contributed by atoms with Crippen molar-refractivity contribution in [3.05, 3.63) is 59.7 Å². The number of para-hydroxylation sites is 1. The number of aryl methyl sites for hydroxylation is 1. The van der Waals surface area contributed by atoms with Gasteiger partial charge in [0.25, 0.3) is 0 Å². The van der Waals surface area contributed by atoms with E-state index in [1.165, 1.54) is 11.3 Å². The fourth-order valence-electron chi connectivity index (χ4n) is 3.07. The van der Waals surface area contributed by atoms with Crippen molar-refractivity contribution in [2.45, 2.75) is 26.3 Å². The topological polar surface area (TPSA) is 58.1 Å². The van der Waals surface area contributed by atoms with Crippen LogP contribution < -0.4 is 20.3 Å². The van der Waals surface area contributed by atoms with Crippen LogP contribution in [0.15, 0.2) is 53.5 Å². The molecule has 0 spiro atoms. The number of benzene rings is 2. The molecule has 0 amide bonds. The van der Waals surface area contributed by atoms with Crippen LogP contribution in [0.5, 0.6) is 5.75 Å². The van der Waals surface area contributed by atoms with Gasteiger partial charge < -0.3 is 25.0 Å². The molecule has 0 aliphatic heterocycles. The first-order chi connectivity index (χ1) is 14.6. The zero-order chi connectivity index (χ0) is 21.6. The third-order valence-electron chi connectivity index (χ3n) is 4.85. The van der Waals surface area contributed by atoms with Gasteiger partial charge in [-0.05, 0) is 43.5 Å². The normalized spacial score (nSPS) is 11.3. The number of anilines is 1. The quantitative estimate of drug-likeness (QED) is 0.317. The molecule has 0 aliphatic carbocycles. The Balaban J connectivity index is 1.72. The molecule has 0 aromatic heterocycles. The van der Waals surface area contributed by atoms with Crippen LogP contribution in [0.25, 0.3) is 0 Å². The second-order valence-corrected chi connectivity index (χ2v) is 7.27. The molecule has 0 saturated heterocycles. The van der Waals surface area contributed by atoms with E-state index < -0.39 is 0 Å². The zero-order valence-corrected chi connectivity index (χ0v) is 18.8. The van der Waals surface area contributed by atoms with Crippen molar-refractivity contribution in [3.8, 4) is 5.75 Å². The van der Waals surface area contributed by atoms with E-state index in [4.69, 9.17) is 9.47 Å². The standard InChI is InChI=1S/C24H36N4O2/c1-20-12-13-21(23(18-20)30-17-16-29-4)19-27-24(25-2)26-14-8-9-15-28(3)22-10-6-5-7-11-22/h5-7,10-13,18H,8-9,14-17,19H2,1-4H3,(H2,25,26,27). The highest BCUT2D eigenvalue weighted by Crippen LogP contribution is 2.20. The maximum Gasteiger partial charge on any atom is 0.191 e. The molecule has 2 N–H and O–H groups in total. The van der Waals surface area contributed by atoms with Gasteiger partial charge in [0.2, 0.25) is 0 Å². The van der Waals surface area contributed by atoms with Crippen LogP contribution in [-0.2, 0) is 11.3 Å². The van der Waals surface area contributed by atoms with Crippen LogP contribution in [0.4, 0.5) is 5.69 Å². The number of aliphatic imine (C=N–C) groups is 1. The third-order valence-corrected chi connectivity index (χ3v) is 4.85. The highest BCUT2D eigenvalue weighted by Gasteiger charge is 2.06. The second-order valence-electron chi connectivity index (χ2n) is 7.27. The largest absolute Gasteiger partial charge is 0.491 e. The molecule has 30 heavy (non-hydrogen) atoms. The Labute approximate surface area is 181 Å². The van der Waals surface area contributed by atoms with Gasteiger partial charge in [-0.1, -0.05) is 30.3 Å². The molecule has 0 radical (unpaired) electrons. The van der Waals surface area contributed by atoms with Gasteiger partial charge in [-0.15, -0.1) is 0 Å². The summed E-state index contributed by atoms with van der Waals surface area (Å²) in [6, 6.07) is 16.7. The van der Waals surface area contributed by atoms with Crippen molar-refractivity contribution in [2.75, 3.05) is 52.4 Å². The highest BCUT2D eigenvalue weighted by atomic mass is 16.5. The first-order valence-electron chi connectivity index (χ1n) is 10.6. The minimum absolute atomic E-state index is 0.539. The average Bonchev–Trinajstić information content (AvgIpc) is 2.77. The second kappa shape index (κ2) is 13.5. The molecule has 6 nitrogen and oxygen atoms in total. The zero-order valence-electron chi connectivity index (χ0n) is 18.8. The Morgan fingerprint density at radius 1 is 1.03 bits per heavy atom. The molecule has 0 bridgehead atoms. The monoisotopic (exact) mass is 412 g/mol. The predicted octanol–water partition coefficient (Wildman–Crippen LogP) is 3.60. The molecule has 0 heterocycles. The Morgan fingerprint density at radius 2 is 1.83 bits per heavy atom. The van der Waals surface area contributed by atoms with Gasteiger partial charge >= 0.3 is 0 Å². The lowest BCUT2D eigenvalue weighted by atomic mass is 10.1. The number of hydrogen-bond donors (Lipinski definition) is 2. The molecule has 164 valence electrons. The van der Waals surface area contributed by atoms with Crippen molar-refractivity contribution < 1.29 is 9.47 Å². The number of unbranched alkanes of at least 4 members (excludes halogenated alkanes) is 1. The average molecular weight is 413 g/mol. The van der Waals surface area contributed by atoms with E-state index in [0.717, 1.165) is 43.2 Å².